The van der Waals surface area contributed by atoms with E-state index in [-0.39, 0.29) is 23.8 Å². The molecule has 6 rings (SSSR count). The van der Waals surface area contributed by atoms with E-state index in [0.29, 0.717) is 13.0 Å². The van der Waals surface area contributed by atoms with Crippen molar-refractivity contribution in [2.75, 3.05) is 14.2 Å². The summed E-state index contributed by atoms with van der Waals surface area (Å²) in [4.78, 5) is 57.0. The fourth-order valence-electron chi connectivity index (χ4n) is 4.69. The van der Waals surface area contributed by atoms with Crippen molar-refractivity contribution in [2.24, 2.45) is 0 Å². The van der Waals surface area contributed by atoms with Gasteiger partial charge in [0.05, 0.1) is 7.11 Å². The summed E-state index contributed by atoms with van der Waals surface area (Å²) in [5, 5.41) is 9.46. The van der Waals surface area contributed by atoms with E-state index in [0.717, 1.165) is 40.0 Å². The zero-order valence-corrected chi connectivity index (χ0v) is 21.1. The molecule has 2 unspecified atom stereocenters. The Balaban J connectivity index is 0.000000142. The lowest BCUT2D eigenvalue weighted by Crippen LogP contribution is -2.41. The normalized spacial score (nSPS) is 22.1. The zero-order chi connectivity index (χ0) is 27.6. The van der Waals surface area contributed by atoms with Crippen LogP contribution in [0, 0.1) is 12.3 Å². The molecule has 4 aliphatic rings. The zero-order valence-electron chi connectivity index (χ0n) is 21.1. The molecule has 196 valence electrons. The lowest BCUT2D eigenvalue weighted by atomic mass is 9.91. The Labute approximate surface area is 219 Å². The van der Waals surface area contributed by atoms with Gasteiger partial charge in [-0.15, -0.1) is 6.42 Å². The number of benzene rings is 2. The number of hydrogen-bond acceptors (Lipinski definition) is 6. The van der Waals surface area contributed by atoms with Crippen LogP contribution in [-0.4, -0.2) is 54.9 Å². The maximum atomic E-state index is 11.9. The van der Waals surface area contributed by atoms with E-state index in [1.54, 1.807) is 38.1 Å². The number of rotatable bonds is 1. The molecular formula is C27H27N5O6. The summed E-state index contributed by atoms with van der Waals surface area (Å²) in [5.74, 6) is 2.86. The third kappa shape index (κ3) is 4.88. The van der Waals surface area contributed by atoms with Crippen LogP contribution in [0.5, 0.6) is 5.75 Å². The molecule has 2 aromatic carbocycles. The Morgan fingerprint density at radius 1 is 1.03 bits per heavy atom. The molecule has 1 aliphatic carbocycles. The number of amides is 7. The Morgan fingerprint density at radius 3 is 2.34 bits per heavy atom. The van der Waals surface area contributed by atoms with Crippen molar-refractivity contribution in [3.8, 4) is 18.1 Å². The third-order valence-electron chi connectivity index (χ3n) is 6.72. The van der Waals surface area contributed by atoms with Gasteiger partial charge in [0.2, 0.25) is 5.91 Å². The summed E-state index contributed by atoms with van der Waals surface area (Å²) in [7, 11) is 3.40. The van der Waals surface area contributed by atoms with Gasteiger partial charge >= 0.3 is 12.1 Å². The van der Waals surface area contributed by atoms with Crippen LogP contribution in [0.3, 0.4) is 0 Å². The van der Waals surface area contributed by atoms with E-state index < -0.39 is 17.6 Å². The quantitative estimate of drug-likeness (QED) is 0.330. The van der Waals surface area contributed by atoms with Crippen molar-refractivity contribution >= 4 is 29.8 Å². The molecule has 0 bridgehead atoms. The number of aryl methyl sites for hydroxylation is 1. The summed E-state index contributed by atoms with van der Waals surface area (Å²) in [5.41, 5.74) is 3.66. The monoisotopic (exact) mass is 517 g/mol. The molecule has 3 aliphatic heterocycles. The second-order valence-electron chi connectivity index (χ2n) is 9.20. The molecule has 11 nitrogen and oxygen atoms in total. The molecule has 1 spiro atoms. The van der Waals surface area contributed by atoms with E-state index in [1.165, 1.54) is 0 Å². The van der Waals surface area contributed by atoms with Gasteiger partial charge < -0.3 is 20.3 Å². The second-order valence-corrected chi connectivity index (χ2v) is 9.20. The van der Waals surface area contributed by atoms with Crippen molar-refractivity contribution < 1.29 is 28.7 Å². The average molecular weight is 518 g/mol. The highest BCUT2D eigenvalue weighted by Crippen LogP contribution is 2.39. The van der Waals surface area contributed by atoms with Gasteiger partial charge in [0.25, 0.3) is 11.8 Å². The first-order chi connectivity index (χ1) is 18.1. The molecule has 2 fully saturated rings. The van der Waals surface area contributed by atoms with Crippen LogP contribution in [0.25, 0.3) is 0 Å². The minimum Gasteiger partial charge on any atom is -0.497 e. The van der Waals surface area contributed by atoms with Gasteiger partial charge in [-0.3, -0.25) is 25.0 Å². The molecule has 0 saturated carbocycles. The molecule has 38 heavy (non-hydrogen) atoms. The van der Waals surface area contributed by atoms with Gasteiger partial charge in [0.1, 0.15) is 17.3 Å². The van der Waals surface area contributed by atoms with Crippen molar-refractivity contribution in [3.05, 3.63) is 64.2 Å². The molecular weight excluding hydrogens is 490 g/mol. The van der Waals surface area contributed by atoms with Gasteiger partial charge in [-0.1, -0.05) is 18.1 Å². The molecule has 2 saturated heterocycles. The number of nitrogens with one attached hydrogen (secondary N) is 4. The van der Waals surface area contributed by atoms with Crippen LogP contribution in [0.4, 0.5) is 9.59 Å². The van der Waals surface area contributed by atoms with Gasteiger partial charge in [0, 0.05) is 24.7 Å². The molecule has 7 amide bonds. The standard InChI is InChI=1S/C13H10N2O2.C10H11NO2.C4H6N2O2/c1-2-8-3-4-10-9(7-8)5-6-13(10)11(16)14-12(17)15-13;1-11-6-7-3-4-8(13-2)5-9(7)10(11)12;1-2-3(7)6-4(8)5-2/h1,3-4,7H,5-6H2,(H2,14,15,16,17);3-5H,6H2,1-2H3;2H,1H3,(H2,5,6,7,8). The van der Waals surface area contributed by atoms with E-state index in [4.69, 9.17) is 11.2 Å². The third-order valence-corrected chi connectivity index (χ3v) is 6.72. The maximum Gasteiger partial charge on any atom is 0.322 e. The van der Waals surface area contributed by atoms with Crippen LogP contribution in [0.1, 0.15) is 46.0 Å². The lowest BCUT2D eigenvalue weighted by molar-refractivity contribution is -0.124. The number of urea groups is 2. The van der Waals surface area contributed by atoms with E-state index in [9.17, 15) is 24.0 Å². The Bertz CT molecular complexity index is 1400. The van der Waals surface area contributed by atoms with Crippen LogP contribution >= 0.6 is 0 Å². The van der Waals surface area contributed by atoms with Crippen molar-refractivity contribution in [3.63, 3.8) is 0 Å². The number of terminal acetylenes is 1. The topological polar surface area (TPSA) is 146 Å². The minimum absolute atomic E-state index is 0.0777. The molecule has 2 aromatic rings. The van der Waals surface area contributed by atoms with Crippen LogP contribution < -0.4 is 26.0 Å². The minimum atomic E-state index is -0.875. The molecule has 11 heteroatoms. The summed E-state index contributed by atoms with van der Waals surface area (Å²) in [6, 6.07) is 9.96. The number of hydrogen-bond donors (Lipinski definition) is 4. The molecule has 3 heterocycles. The first-order valence-corrected chi connectivity index (χ1v) is 11.9. The number of carbonyl (C=O) groups is 5. The number of ether oxygens (including phenoxy) is 1. The van der Waals surface area contributed by atoms with E-state index in [2.05, 4.69) is 27.2 Å². The second kappa shape index (κ2) is 10.3. The SMILES string of the molecule is C#Cc1ccc2c(c1)CCC21NC(=O)NC1=O.CC1NC(=O)NC1=O.COc1ccc2c(c1)C(=O)N(C)C2. The predicted molar refractivity (Wildman–Crippen MR) is 136 cm³/mol. The highest BCUT2D eigenvalue weighted by Gasteiger charge is 2.51. The summed E-state index contributed by atoms with van der Waals surface area (Å²) < 4.78 is 5.05. The van der Waals surface area contributed by atoms with Gasteiger partial charge in [0.15, 0.2) is 0 Å². The van der Waals surface area contributed by atoms with Crippen LogP contribution in [-0.2, 0) is 28.1 Å². The largest absolute Gasteiger partial charge is 0.497 e. The smallest absolute Gasteiger partial charge is 0.322 e. The predicted octanol–water partition coefficient (Wildman–Crippen LogP) is 1.14. The van der Waals surface area contributed by atoms with Gasteiger partial charge in [-0.05, 0) is 60.7 Å². The summed E-state index contributed by atoms with van der Waals surface area (Å²) in [6.07, 6.45) is 6.68. The number of nitrogens with zero attached hydrogens (tertiary/aromatic N) is 1. The van der Waals surface area contributed by atoms with Crippen molar-refractivity contribution in [2.45, 2.75) is 37.9 Å². The Hall–Kier alpha value is -4.85. The van der Waals surface area contributed by atoms with Crippen LogP contribution in [0.2, 0.25) is 0 Å². The van der Waals surface area contributed by atoms with E-state index in [1.807, 2.05) is 24.3 Å². The Morgan fingerprint density at radius 2 is 1.79 bits per heavy atom. The van der Waals surface area contributed by atoms with E-state index >= 15 is 0 Å². The first kappa shape index (κ1) is 26.2. The molecule has 0 aromatic heterocycles. The van der Waals surface area contributed by atoms with Crippen LogP contribution in [0.15, 0.2) is 36.4 Å². The maximum absolute atomic E-state index is 11.9. The van der Waals surface area contributed by atoms with Gasteiger partial charge in [-0.25, -0.2) is 9.59 Å². The summed E-state index contributed by atoms with van der Waals surface area (Å²) >= 11 is 0. The highest BCUT2D eigenvalue weighted by molar-refractivity contribution is 6.08. The number of fused-ring (bicyclic) bond motifs is 3. The van der Waals surface area contributed by atoms with Crippen molar-refractivity contribution in [1.29, 1.82) is 0 Å². The fraction of sp³-hybridized carbons (Fsp3) is 0.296. The average Bonchev–Trinajstić information content (AvgIpc) is 3.59. The fourth-order valence-corrected chi connectivity index (χ4v) is 4.69. The number of carbonyl (C=O) groups excluding carboxylic acids is 5. The number of methoxy groups -OCH3 is 1. The summed E-state index contributed by atoms with van der Waals surface area (Å²) in [6.45, 7) is 2.33. The number of imide groups is 2. The molecule has 2 atom stereocenters. The van der Waals surface area contributed by atoms with Gasteiger partial charge in [-0.2, -0.15) is 0 Å². The van der Waals surface area contributed by atoms with Crippen molar-refractivity contribution in [1.82, 2.24) is 26.2 Å². The Kier molecular flexibility index (Phi) is 7.08. The highest BCUT2D eigenvalue weighted by atomic mass is 16.5. The molecule has 0 radical (unpaired) electrons. The molecule has 4 N–H and O–H groups in total. The lowest BCUT2D eigenvalue weighted by Gasteiger charge is -2.20. The first-order valence-electron chi connectivity index (χ1n) is 11.9.